The molecule has 1 aromatic rings. The van der Waals surface area contributed by atoms with Crippen LogP contribution in [-0.4, -0.2) is 18.9 Å². The van der Waals surface area contributed by atoms with Crippen molar-refractivity contribution in [3.8, 4) is 0 Å². The first-order valence-corrected chi connectivity index (χ1v) is 6.81. The molecule has 1 aliphatic rings. The minimum atomic E-state index is 0.148. The van der Waals surface area contributed by atoms with Crippen molar-refractivity contribution in [1.29, 1.82) is 5.41 Å². The van der Waals surface area contributed by atoms with Crippen LogP contribution in [0.2, 0.25) is 0 Å². The number of anilines is 1. The molecule has 0 unspecified atom stereocenters. The number of aryl methyl sites for hydroxylation is 1. The fourth-order valence-electron chi connectivity index (χ4n) is 2.76. The summed E-state index contributed by atoms with van der Waals surface area (Å²) >= 11 is 0. The van der Waals surface area contributed by atoms with E-state index in [0.29, 0.717) is 0 Å². The van der Waals surface area contributed by atoms with Crippen LogP contribution in [0.25, 0.3) is 0 Å². The van der Waals surface area contributed by atoms with E-state index < -0.39 is 0 Å². The monoisotopic (exact) mass is 245 g/mol. The van der Waals surface area contributed by atoms with Crippen molar-refractivity contribution in [2.75, 3.05) is 18.0 Å². The average Bonchev–Trinajstić information content (AvgIpc) is 2.38. The van der Waals surface area contributed by atoms with Gasteiger partial charge in [-0.2, -0.15) is 0 Å². The molecule has 0 radical (unpaired) electrons. The van der Waals surface area contributed by atoms with Gasteiger partial charge in [0.05, 0.1) is 0 Å². The number of nitrogens with zero attached hydrogens (tertiary/aromatic N) is 1. The first-order chi connectivity index (χ1) is 8.61. The molecule has 1 fully saturated rings. The third-order valence-electron chi connectivity index (χ3n) is 4.04. The summed E-state index contributed by atoms with van der Waals surface area (Å²) in [6, 6.07) is 6.08. The van der Waals surface area contributed by atoms with Crippen LogP contribution >= 0.6 is 0 Å². The number of rotatable bonds is 3. The lowest BCUT2D eigenvalue weighted by atomic mass is 9.93. The second kappa shape index (κ2) is 5.42. The molecule has 3 N–H and O–H groups in total. The molecule has 0 spiro atoms. The Morgan fingerprint density at radius 3 is 2.56 bits per heavy atom. The smallest absolute Gasteiger partial charge is 0.122 e. The van der Waals surface area contributed by atoms with Gasteiger partial charge in [0.2, 0.25) is 0 Å². The SMILES string of the molecule is CCC1CCN(c2ccc(C(=N)N)cc2C)CC1. The quantitative estimate of drug-likeness (QED) is 0.635. The molecule has 0 aromatic heterocycles. The van der Waals surface area contributed by atoms with Crippen LogP contribution in [0.4, 0.5) is 5.69 Å². The van der Waals surface area contributed by atoms with E-state index in [2.05, 4.69) is 24.8 Å². The lowest BCUT2D eigenvalue weighted by Gasteiger charge is -2.34. The van der Waals surface area contributed by atoms with Crippen molar-refractivity contribution in [2.24, 2.45) is 11.7 Å². The van der Waals surface area contributed by atoms with Crippen LogP contribution in [0.1, 0.15) is 37.3 Å². The van der Waals surface area contributed by atoms with Crippen molar-refractivity contribution < 1.29 is 0 Å². The number of nitrogen functional groups attached to an aromatic ring is 1. The van der Waals surface area contributed by atoms with Crippen LogP contribution in [0.3, 0.4) is 0 Å². The molecule has 3 nitrogen and oxygen atoms in total. The predicted molar refractivity (Wildman–Crippen MR) is 77.4 cm³/mol. The van der Waals surface area contributed by atoms with Crippen molar-refractivity contribution in [1.82, 2.24) is 0 Å². The molecule has 18 heavy (non-hydrogen) atoms. The molecule has 2 rings (SSSR count). The van der Waals surface area contributed by atoms with Gasteiger partial charge in [-0.05, 0) is 49.4 Å². The van der Waals surface area contributed by atoms with Gasteiger partial charge in [-0.3, -0.25) is 5.41 Å². The summed E-state index contributed by atoms with van der Waals surface area (Å²) in [5, 5.41) is 7.46. The number of amidine groups is 1. The topological polar surface area (TPSA) is 53.1 Å². The highest BCUT2D eigenvalue weighted by Crippen LogP contribution is 2.27. The number of benzene rings is 1. The zero-order valence-electron chi connectivity index (χ0n) is 11.4. The predicted octanol–water partition coefficient (Wildman–Crippen LogP) is 2.91. The van der Waals surface area contributed by atoms with Crippen LogP contribution in [-0.2, 0) is 0 Å². The molecular formula is C15H23N3. The minimum absolute atomic E-state index is 0.148. The molecule has 1 aromatic carbocycles. The Balaban J connectivity index is 2.12. The number of nitrogens with two attached hydrogens (primary N) is 1. The van der Waals surface area contributed by atoms with Gasteiger partial charge in [0.1, 0.15) is 5.84 Å². The third-order valence-corrected chi connectivity index (χ3v) is 4.04. The van der Waals surface area contributed by atoms with Crippen LogP contribution in [0.15, 0.2) is 18.2 Å². The number of nitrogens with one attached hydrogen (secondary N) is 1. The van der Waals surface area contributed by atoms with E-state index in [9.17, 15) is 0 Å². The molecule has 1 aliphatic heterocycles. The van der Waals surface area contributed by atoms with E-state index in [1.165, 1.54) is 30.5 Å². The van der Waals surface area contributed by atoms with E-state index in [1.54, 1.807) is 0 Å². The van der Waals surface area contributed by atoms with E-state index in [-0.39, 0.29) is 5.84 Å². The van der Waals surface area contributed by atoms with Crippen molar-refractivity contribution in [2.45, 2.75) is 33.1 Å². The zero-order chi connectivity index (χ0) is 13.1. The van der Waals surface area contributed by atoms with Gasteiger partial charge in [-0.25, -0.2) is 0 Å². The Hall–Kier alpha value is -1.51. The maximum atomic E-state index is 7.46. The molecule has 0 amide bonds. The van der Waals surface area contributed by atoms with E-state index in [1.807, 2.05) is 12.1 Å². The summed E-state index contributed by atoms with van der Waals surface area (Å²) in [7, 11) is 0. The highest BCUT2D eigenvalue weighted by molar-refractivity contribution is 5.95. The van der Waals surface area contributed by atoms with Gasteiger partial charge in [-0.15, -0.1) is 0 Å². The summed E-state index contributed by atoms with van der Waals surface area (Å²) in [6.07, 6.45) is 3.89. The largest absolute Gasteiger partial charge is 0.384 e. The van der Waals surface area contributed by atoms with Gasteiger partial charge in [0.25, 0.3) is 0 Å². The summed E-state index contributed by atoms with van der Waals surface area (Å²) in [5.41, 5.74) is 8.86. The molecule has 1 saturated heterocycles. The lowest BCUT2D eigenvalue weighted by Crippen LogP contribution is -2.34. The zero-order valence-corrected chi connectivity index (χ0v) is 11.4. The van der Waals surface area contributed by atoms with Crippen LogP contribution < -0.4 is 10.6 Å². The Bertz CT molecular complexity index is 431. The van der Waals surface area contributed by atoms with Crippen LogP contribution in [0, 0.1) is 18.3 Å². The Morgan fingerprint density at radius 1 is 1.39 bits per heavy atom. The summed E-state index contributed by atoms with van der Waals surface area (Å²) < 4.78 is 0. The Kier molecular flexibility index (Phi) is 3.90. The van der Waals surface area contributed by atoms with Crippen molar-refractivity contribution >= 4 is 11.5 Å². The Labute approximate surface area is 109 Å². The first kappa shape index (κ1) is 12.9. The van der Waals surface area contributed by atoms with Gasteiger partial charge in [0.15, 0.2) is 0 Å². The maximum absolute atomic E-state index is 7.46. The Morgan fingerprint density at radius 2 is 2.06 bits per heavy atom. The molecular weight excluding hydrogens is 222 g/mol. The standard InChI is InChI=1S/C15H23N3/c1-3-12-6-8-18(9-7-12)14-5-4-13(15(16)17)10-11(14)2/h4-5,10,12H,3,6-9H2,1-2H3,(H3,16,17). The second-order valence-electron chi connectivity index (χ2n) is 5.25. The number of hydrogen-bond donors (Lipinski definition) is 2. The lowest BCUT2D eigenvalue weighted by molar-refractivity contribution is 0.395. The fraction of sp³-hybridized carbons (Fsp3) is 0.533. The first-order valence-electron chi connectivity index (χ1n) is 6.81. The van der Waals surface area contributed by atoms with Gasteiger partial charge in [-0.1, -0.05) is 13.3 Å². The van der Waals surface area contributed by atoms with E-state index >= 15 is 0 Å². The molecule has 3 heteroatoms. The normalized spacial score (nSPS) is 16.9. The third kappa shape index (κ3) is 2.66. The summed E-state index contributed by atoms with van der Waals surface area (Å²) in [5.74, 6) is 1.05. The average molecular weight is 245 g/mol. The summed E-state index contributed by atoms with van der Waals surface area (Å²) in [4.78, 5) is 2.46. The number of piperidine rings is 1. The molecule has 98 valence electrons. The van der Waals surface area contributed by atoms with E-state index in [4.69, 9.17) is 11.1 Å². The molecule has 0 bridgehead atoms. The summed E-state index contributed by atoms with van der Waals surface area (Å²) in [6.45, 7) is 6.69. The molecule has 1 heterocycles. The van der Waals surface area contributed by atoms with Gasteiger partial charge >= 0.3 is 0 Å². The van der Waals surface area contributed by atoms with E-state index in [0.717, 1.165) is 24.6 Å². The van der Waals surface area contributed by atoms with Crippen molar-refractivity contribution in [3.05, 3.63) is 29.3 Å². The fourth-order valence-corrected chi connectivity index (χ4v) is 2.76. The molecule has 0 saturated carbocycles. The second-order valence-corrected chi connectivity index (χ2v) is 5.25. The highest BCUT2D eigenvalue weighted by Gasteiger charge is 2.19. The molecule has 0 aliphatic carbocycles. The van der Waals surface area contributed by atoms with Crippen LogP contribution in [0.5, 0.6) is 0 Å². The highest BCUT2D eigenvalue weighted by atomic mass is 15.1. The number of hydrogen-bond acceptors (Lipinski definition) is 2. The van der Waals surface area contributed by atoms with Gasteiger partial charge in [0, 0.05) is 24.3 Å². The van der Waals surface area contributed by atoms with Crippen molar-refractivity contribution in [3.63, 3.8) is 0 Å². The molecule has 0 atom stereocenters. The maximum Gasteiger partial charge on any atom is 0.122 e. The van der Waals surface area contributed by atoms with Gasteiger partial charge < -0.3 is 10.6 Å². The minimum Gasteiger partial charge on any atom is -0.384 e.